The van der Waals surface area contributed by atoms with Gasteiger partial charge in [0.15, 0.2) is 5.82 Å². The van der Waals surface area contributed by atoms with E-state index in [9.17, 15) is 9.18 Å². The predicted molar refractivity (Wildman–Crippen MR) is 104 cm³/mol. The minimum Gasteiger partial charge on any atom is -0.368 e. The number of anilines is 3. The second kappa shape index (κ2) is 8.85. The number of amides is 1. The minimum atomic E-state index is -0.653. The van der Waals surface area contributed by atoms with Gasteiger partial charge in [-0.3, -0.25) is 9.78 Å². The number of hydrogen-bond donors (Lipinski definition) is 3. The molecular formula is C19H20FN7O. The molecule has 0 saturated heterocycles. The number of carbonyl (C=O) groups excluding carboxylic acids is 1. The highest BCUT2D eigenvalue weighted by Gasteiger charge is 2.10. The summed E-state index contributed by atoms with van der Waals surface area (Å²) in [5.74, 6) is 1.34. The maximum Gasteiger partial charge on any atom is 0.254 e. The minimum absolute atomic E-state index is 0.0370. The second-order valence-corrected chi connectivity index (χ2v) is 6.07. The number of rotatable bonds is 7. The van der Waals surface area contributed by atoms with Gasteiger partial charge < -0.3 is 16.0 Å². The van der Waals surface area contributed by atoms with E-state index in [-0.39, 0.29) is 5.56 Å². The van der Waals surface area contributed by atoms with Crippen molar-refractivity contribution in [2.45, 2.75) is 13.8 Å². The summed E-state index contributed by atoms with van der Waals surface area (Å²) in [6.07, 6.45) is 4.10. The molecule has 0 fully saturated rings. The van der Waals surface area contributed by atoms with Crippen LogP contribution in [0.4, 0.5) is 21.8 Å². The lowest BCUT2D eigenvalue weighted by atomic mass is 10.2. The Morgan fingerprint density at radius 2 is 1.86 bits per heavy atom. The van der Waals surface area contributed by atoms with Gasteiger partial charge in [0.2, 0.25) is 0 Å². The van der Waals surface area contributed by atoms with Crippen molar-refractivity contribution in [1.29, 1.82) is 0 Å². The molecule has 3 rings (SSSR count). The summed E-state index contributed by atoms with van der Waals surface area (Å²) in [5, 5.41) is 8.90. The third kappa shape index (κ3) is 5.19. The van der Waals surface area contributed by atoms with Gasteiger partial charge in [0.25, 0.3) is 5.91 Å². The van der Waals surface area contributed by atoms with Gasteiger partial charge in [-0.15, -0.1) is 0 Å². The summed E-state index contributed by atoms with van der Waals surface area (Å²) in [4.78, 5) is 28.5. The van der Waals surface area contributed by atoms with Gasteiger partial charge >= 0.3 is 0 Å². The molecule has 0 atom stereocenters. The fraction of sp³-hybridized carbons (Fsp3) is 0.211. The summed E-state index contributed by atoms with van der Waals surface area (Å²) in [7, 11) is 0. The Labute approximate surface area is 161 Å². The van der Waals surface area contributed by atoms with E-state index in [0.29, 0.717) is 36.4 Å². The van der Waals surface area contributed by atoms with Crippen LogP contribution in [0.5, 0.6) is 0 Å². The summed E-state index contributed by atoms with van der Waals surface area (Å²) < 4.78 is 13.5. The van der Waals surface area contributed by atoms with Crippen molar-refractivity contribution in [3.63, 3.8) is 0 Å². The Kier molecular flexibility index (Phi) is 6.05. The number of nitrogens with one attached hydrogen (secondary N) is 3. The summed E-state index contributed by atoms with van der Waals surface area (Å²) >= 11 is 0. The van der Waals surface area contributed by atoms with Crippen molar-refractivity contribution in [3.8, 4) is 0 Å². The molecule has 0 aliphatic heterocycles. The first-order valence-electron chi connectivity index (χ1n) is 8.68. The van der Waals surface area contributed by atoms with Gasteiger partial charge in [0.1, 0.15) is 23.3 Å². The van der Waals surface area contributed by atoms with E-state index < -0.39 is 11.7 Å². The van der Waals surface area contributed by atoms with Crippen molar-refractivity contribution in [1.82, 2.24) is 25.3 Å². The van der Waals surface area contributed by atoms with Crippen LogP contribution < -0.4 is 16.0 Å². The number of nitrogens with zero attached hydrogens (tertiary/aromatic N) is 4. The highest BCUT2D eigenvalue weighted by atomic mass is 19.1. The maximum atomic E-state index is 13.5. The van der Waals surface area contributed by atoms with Crippen LogP contribution in [0, 0.1) is 19.7 Å². The molecule has 0 spiro atoms. The zero-order valence-corrected chi connectivity index (χ0v) is 15.5. The van der Waals surface area contributed by atoms with E-state index in [2.05, 4.69) is 35.9 Å². The highest BCUT2D eigenvalue weighted by Crippen LogP contribution is 2.16. The van der Waals surface area contributed by atoms with Gasteiger partial charge in [-0.2, -0.15) is 0 Å². The third-order valence-corrected chi connectivity index (χ3v) is 3.74. The molecule has 0 aliphatic carbocycles. The normalized spacial score (nSPS) is 10.4. The molecule has 3 heterocycles. The number of hydrogen-bond acceptors (Lipinski definition) is 7. The Balaban J connectivity index is 1.55. The van der Waals surface area contributed by atoms with Gasteiger partial charge in [-0.1, -0.05) is 0 Å². The number of carbonyl (C=O) groups is 1. The van der Waals surface area contributed by atoms with Crippen LogP contribution in [0.2, 0.25) is 0 Å². The van der Waals surface area contributed by atoms with Gasteiger partial charge in [-0.05, 0) is 37.6 Å². The Morgan fingerprint density at radius 1 is 1.04 bits per heavy atom. The van der Waals surface area contributed by atoms with Crippen LogP contribution in [-0.4, -0.2) is 38.9 Å². The second-order valence-electron chi connectivity index (χ2n) is 6.07. The monoisotopic (exact) mass is 381 g/mol. The molecule has 0 saturated carbocycles. The molecule has 28 heavy (non-hydrogen) atoms. The molecule has 144 valence electrons. The fourth-order valence-corrected chi connectivity index (χ4v) is 2.48. The van der Waals surface area contributed by atoms with E-state index in [4.69, 9.17) is 0 Å². The number of pyridine rings is 2. The summed E-state index contributed by atoms with van der Waals surface area (Å²) in [6.45, 7) is 4.48. The van der Waals surface area contributed by atoms with Gasteiger partial charge in [0.05, 0.1) is 11.8 Å². The van der Waals surface area contributed by atoms with E-state index in [0.717, 1.165) is 11.8 Å². The number of aryl methyl sites for hydroxylation is 2. The van der Waals surface area contributed by atoms with Crippen LogP contribution in [0.25, 0.3) is 0 Å². The fourth-order valence-electron chi connectivity index (χ4n) is 2.48. The summed E-state index contributed by atoms with van der Waals surface area (Å²) in [5.41, 5.74) is 1.05. The molecule has 3 aromatic heterocycles. The molecule has 1 amide bonds. The van der Waals surface area contributed by atoms with Crippen LogP contribution in [0.3, 0.4) is 0 Å². The van der Waals surface area contributed by atoms with E-state index in [1.807, 2.05) is 19.1 Å². The number of halogens is 1. The van der Waals surface area contributed by atoms with Gasteiger partial charge in [0, 0.05) is 31.5 Å². The molecule has 8 nitrogen and oxygen atoms in total. The molecule has 0 aromatic carbocycles. The van der Waals surface area contributed by atoms with Gasteiger partial charge in [-0.25, -0.2) is 19.3 Å². The lowest BCUT2D eigenvalue weighted by Crippen LogP contribution is -2.29. The predicted octanol–water partition coefficient (Wildman–Crippen LogP) is 2.61. The van der Waals surface area contributed by atoms with Crippen LogP contribution in [-0.2, 0) is 0 Å². The molecular weight excluding hydrogens is 361 g/mol. The lowest BCUT2D eigenvalue weighted by molar-refractivity contribution is 0.0951. The summed E-state index contributed by atoms with van der Waals surface area (Å²) in [6, 6.07) is 6.92. The first-order chi connectivity index (χ1) is 13.5. The van der Waals surface area contributed by atoms with Crippen molar-refractivity contribution < 1.29 is 9.18 Å². The average molecular weight is 381 g/mol. The molecule has 3 N–H and O–H groups in total. The molecule has 0 unspecified atom stereocenters. The quantitative estimate of drug-likeness (QED) is 0.540. The molecule has 3 aromatic rings. The first kappa shape index (κ1) is 19.2. The van der Waals surface area contributed by atoms with E-state index >= 15 is 0 Å². The van der Waals surface area contributed by atoms with Crippen molar-refractivity contribution in [3.05, 3.63) is 65.6 Å². The molecule has 0 bridgehead atoms. The Morgan fingerprint density at radius 3 is 2.64 bits per heavy atom. The van der Waals surface area contributed by atoms with Crippen molar-refractivity contribution in [2.75, 3.05) is 23.7 Å². The van der Waals surface area contributed by atoms with E-state index in [1.165, 1.54) is 12.3 Å². The third-order valence-electron chi connectivity index (χ3n) is 3.74. The number of aromatic nitrogens is 4. The topological polar surface area (TPSA) is 105 Å². The molecule has 9 heteroatoms. The standard InChI is InChI=1S/C19H20FN7O/c1-12-3-6-22-16(9-12)27-18-10-17(25-13(2)26-18)23-7-8-24-19(28)14-4-5-21-11-15(14)20/h3-6,9-11H,7-8H2,1-2H3,(H,24,28)(H2,22,23,25,26,27). The Hall–Kier alpha value is -3.62. The zero-order valence-electron chi connectivity index (χ0n) is 15.5. The van der Waals surface area contributed by atoms with Crippen LogP contribution in [0.15, 0.2) is 42.9 Å². The maximum absolute atomic E-state index is 13.5. The largest absolute Gasteiger partial charge is 0.368 e. The lowest BCUT2D eigenvalue weighted by Gasteiger charge is -2.11. The van der Waals surface area contributed by atoms with E-state index in [1.54, 1.807) is 19.2 Å². The van der Waals surface area contributed by atoms with Crippen molar-refractivity contribution in [2.24, 2.45) is 0 Å². The SMILES string of the molecule is Cc1ccnc(Nc2cc(NCCNC(=O)c3ccncc3F)nc(C)n2)c1. The molecule has 0 aliphatic rings. The molecule has 0 radical (unpaired) electrons. The average Bonchev–Trinajstić information content (AvgIpc) is 2.65. The Bertz CT molecular complexity index is 980. The van der Waals surface area contributed by atoms with Crippen LogP contribution >= 0.6 is 0 Å². The highest BCUT2D eigenvalue weighted by molar-refractivity contribution is 5.94. The smallest absolute Gasteiger partial charge is 0.254 e. The van der Waals surface area contributed by atoms with Crippen LogP contribution in [0.1, 0.15) is 21.7 Å². The van der Waals surface area contributed by atoms with Crippen molar-refractivity contribution >= 4 is 23.4 Å². The zero-order chi connectivity index (χ0) is 19.9. The first-order valence-corrected chi connectivity index (χ1v) is 8.68.